The van der Waals surface area contributed by atoms with E-state index >= 15 is 0 Å². The molecule has 126 valence electrons. The number of nitrogens with one attached hydrogen (secondary N) is 1. The molecule has 3 fully saturated rings. The van der Waals surface area contributed by atoms with Gasteiger partial charge in [0.05, 0.1) is 0 Å². The van der Waals surface area contributed by atoms with E-state index in [1.165, 1.54) is 32.1 Å². The Labute approximate surface area is 135 Å². The summed E-state index contributed by atoms with van der Waals surface area (Å²) in [4.78, 5) is 14.0. The molecule has 2 saturated carbocycles. The average molecular weight is 308 g/mol. The molecule has 22 heavy (non-hydrogen) atoms. The monoisotopic (exact) mass is 308 g/mol. The maximum atomic E-state index is 12.1. The molecule has 0 aromatic rings. The lowest BCUT2D eigenvalue weighted by Gasteiger charge is -2.24. The second kappa shape index (κ2) is 6.38. The minimum Gasteiger partial charge on any atom is -0.444 e. The quantitative estimate of drug-likeness (QED) is 0.817. The predicted molar refractivity (Wildman–Crippen MR) is 87.8 cm³/mol. The normalized spacial score (nSPS) is 25.8. The molecule has 0 aromatic carbocycles. The Balaban J connectivity index is 1.35. The van der Waals surface area contributed by atoms with Gasteiger partial charge in [0, 0.05) is 19.1 Å². The van der Waals surface area contributed by atoms with Crippen molar-refractivity contribution >= 4 is 6.09 Å². The lowest BCUT2D eigenvalue weighted by molar-refractivity contribution is 0.0287. The van der Waals surface area contributed by atoms with E-state index < -0.39 is 5.60 Å². The fourth-order valence-electron chi connectivity index (χ4n) is 3.64. The van der Waals surface area contributed by atoms with Gasteiger partial charge < -0.3 is 15.0 Å². The van der Waals surface area contributed by atoms with Crippen LogP contribution in [0.1, 0.15) is 59.3 Å². The molecule has 0 bridgehead atoms. The van der Waals surface area contributed by atoms with Gasteiger partial charge in [0.25, 0.3) is 0 Å². The Morgan fingerprint density at radius 1 is 1.18 bits per heavy atom. The highest BCUT2D eigenvalue weighted by atomic mass is 16.6. The molecule has 3 rings (SSSR count). The largest absolute Gasteiger partial charge is 0.444 e. The van der Waals surface area contributed by atoms with Crippen LogP contribution in [0.2, 0.25) is 0 Å². The Bertz CT molecular complexity index is 384. The number of carbonyl (C=O) groups is 1. The van der Waals surface area contributed by atoms with Gasteiger partial charge in [-0.1, -0.05) is 0 Å². The Morgan fingerprint density at radius 2 is 1.82 bits per heavy atom. The van der Waals surface area contributed by atoms with Crippen LogP contribution in [-0.2, 0) is 4.74 Å². The third-order valence-corrected chi connectivity index (χ3v) is 5.13. The molecule has 3 aliphatic rings. The van der Waals surface area contributed by atoms with Crippen molar-refractivity contribution in [2.24, 2.45) is 17.8 Å². The van der Waals surface area contributed by atoms with E-state index in [1.54, 1.807) is 0 Å². The number of nitrogens with zero attached hydrogens (tertiary/aromatic N) is 1. The van der Waals surface area contributed by atoms with Gasteiger partial charge in [-0.3, -0.25) is 0 Å². The summed E-state index contributed by atoms with van der Waals surface area (Å²) in [6.07, 6.45) is 7.91. The molecule has 1 atom stereocenters. The van der Waals surface area contributed by atoms with Gasteiger partial charge in [0.15, 0.2) is 0 Å². The number of likely N-dealkylation sites (tertiary alicyclic amines) is 1. The highest BCUT2D eigenvalue weighted by Gasteiger charge is 2.41. The molecule has 1 unspecified atom stereocenters. The first-order valence-electron chi connectivity index (χ1n) is 9.14. The van der Waals surface area contributed by atoms with Gasteiger partial charge in [-0.25, -0.2) is 4.79 Å². The van der Waals surface area contributed by atoms with Crippen LogP contribution >= 0.6 is 0 Å². The molecule has 2 aliphatic carbocycles. The van der Waals surface area contributed by atoms with Crippen molar-refractivity contribution < 1.29 is 9.53 Å². The van der Waals surface area contributed by atoms with Crippen molar-refractivity contribution in [2.75, 3.05) is 19.6 Å². The highest BCUT2D eigenvalue weighted by Crippen LogP contribution is 2.44. The predicted octanol–water partition coefficient (Wildman–Crippen LogP) is 3.41. The summed E-state index contributed by atoms with van der Waals surface area (Å²) in [6.45, 7) is 8.63. The minimum absolute atomic E-state index is 0.142. The number of hydrogen-bond acceptors (Lipinski definition) is 3. The minimum atomic E-state index is -0.390. The lowest BCUT2D eigenvalue weighted by atomic mass is 10.0. The summed E-state index contributed by atoms with van der Waals surface area (Å²) in [6, 6.07) is 0.795. The van der Waals surface area contributed by atoms with Gasteiger partial charge in [-0.05, 0) is 83.6 Å². The van der Waals surface area contributed by atoms with Gasteiger partial charge in [-0.2, -0.15) is 0 Å². The average Bonchev–Trinajstić information content (AvgIpc) is 3.33. The zero-order valence-corrected chi connectivity index (χ0v) is 14.4. The molecule has 4 nitrogen and oxygen atoms in total. The number of ether oxygens (including phenoxy) is 1. The van der Waals surface area contributed by atoms with E-state index in [0.29, 0.717) is 5.92 Å². The molecule has 0 spiro atoms. The molecular weight excluding hydrogens is 276 g/mol. The molecule has 1 heterocycles. The molecule has 1 aliphatic heterocycles. The summed E-state index contributed by atoms with van der Waals surface area (Å²) in [5.41, 5.74) is -0.390. The maximum Gasteiger partial charge on any atom is 0.410 e. The molecule has 0 aromatic heterocycles. The second-order valence-electron chi connectivity index (χ2n) is 8.52. The molecule has 1 amide bonds. The first kappa shape index (κ1) is 16.1. The smallest absolute Gasteiger partial charge is 0.410 e. The molecule has 1 saturated heterocycles. The maximum absolute atomic E-state index is 12.1. The fourth-order valence-corrected chi connectivity index (χ4v) is 3.64. The van der Waals surface area contributed by atoms with Crippen LogP contribution < -0.4 is 5.32 Å². The molecule has 1 N–H and O–H groups in total. The van der Waals surface area contributed by atoms with E-state index in [2.05, 4.69) is 5.32 Å². The molecule has 0 radical (unpaired) electrons. The highest BCUT2D eigenvalue weighted by molar-refractivity contribution is 5.68. The van der Waals surface area contributed by atoms with Crippen LogP contribution in [-0.4, -0.2) is 42.3 Å². The van der Waals surface area contributed by atoms with E-state index in [0.717, 1.165) is 43.9 Å². The zero-order chi connectivity index (χ0) is 15.7. The van der Waals surface area contributed by atoms with E-state index in [4.69, 9.17) is 4.74 Å². The molecule has 4 heteroatoms. The van der Waals surface area contributed by atoms with Crippen LogP contribution in [0.4, 0.5) is 4.79 Å². The van der Waals surface area contributed by atoms with E-state index in [1.807, 2.05) is 25.7 Å². The zero-order valence-electron chi connectivity index (χ0n) is 14.4. The van der Waals surface area contributed by atoms with Crippen molar-refractivity contribution in [1.82, 2.24) is 10.2 Å². The van der Waals surface area contributed by atoms with Gasteiger partial charge >= 0.3 is 6.09 Å². The van der Waals surface area contributed by atoms with Crippen molar-refractivity contribution in [3.63, 3.8) is 0 Å². The van der Waals surface area contributed by atoms with Crippen LogP contribution in [0.25, 0.3) is 0 Å². The summed E-state index contributed by atoms with van der Waals surface area (Å²) >= 11 is 0. The van der Waals surface area contributed by atoms with Gasteiger partial charge in [0.2, 0.25) is 0 Å². The Morgan fingerprint density at radius 3 is 2.36 bits per heavy atom. The number of amides is 1. The number of rotatable bonds is 6. The third kappa shape index (κ3) is 4.61. The second-order valence-corrected chi connectivity index (χ2v) is 8.52. The van der Waals surface area contributed by atoms with Crippen molar-refractivity contribution in [1.29, 1.82) is 0 Å². The first-order valence-corrected chi connectivity index (χ1v) is 9.14. The molecular formula is C18H32N2O2. The van der Waals surface area contributed by atoms with Crippen molar-refractivity contribution in [2.45, 2.75) is 70.9 Å². The summed E-state index contributed by atoms with van der Waals surface area (Å²) in [5, 5.41) is 3.82. The van der Waals surface area contributed by atoms with Crippen LogP contribution in [0.3, 0.4) is 0 Å². The van der Waals surface area contributed by atoms with Gasteiger partial charge in [0.1, 0.15) is 5.60 Å². The summed E-state index contributed by atoms with van der Waals surface area (Å²) in [5.74, 6) is 2.57. The first-order chi connectivity index (χ1) is 10.4. The Kier molecular flexibility index (Phi) is 4.67. The van der Waals surface area contributed by atoms with Crippen LogP contribution in [0.5, 0.6) is 0 Å². The SMILES string of the molecule is CC(C)(C)OC(=O)N1CCC(CCNC(C2CC2)C2CC2)C1. The van der Waals surface area contributed by atoms with Gasteiger partial charge in [-0.15, -0.1) is 0 Å². The third-order valence-electron chi connectivity index (χ3n) is 5.13. The van der Waals surface area contributed by atoms with Crippen LogP contribution in [0, 0.1) is 17.8 Å². The van der Waals surface area contributed by atoms with E-state index in [9.17, 15) is 4.79 Å². The standard InChI is InChI=1S/C18H32N2O2/c1-18(2,3)22-17(21)20-11-9-13(12-20)8-10-19-16(14-4-5-14)15-6-7-15/h13-16,19H,4-12H2,1-3H3. The number of carbonyl (C=O) groups excluding carboxylic acids is 1. The van der Waals surface area contributed by atoms with Crippen LogP contribution in [0.15, 0.2) is 0 Å². The summed E-state index contributed by atoms with van der Waals surface area (Å²) < 4.78 is 5.46. The Hall–Kier alpha value is -0.770. The number of hydrogen-bond donors (Lipinski definition) is 1. The topological polar surface area (TPSA) is 41.6 Å². The fraction of sp³-hybridized carbons (Fsp3) is 0.944. The van der Waals surface area contributed by atoms with Crippen molar-refractivity contribution in [3.05, 3.63) is 0 Å². The van der Waals surface area contributed by atoms with Crippen molar-refractivity contribution in [3.8, 4) is 0 Å². The van der Waals surface area contributed by atoms with E-state index in [-0.39, 0.29) is 6.09 Å². The lowest BCUT2D eigenvalue weighted by Crippen LogP contribution is -2.36. The summed E-state index contributed by atoms with van der Waals surface area (Å²) in [7, 11) is 0.